The second kappa shape index (κ2) is 68.5. The first-order valence-electron chi connectivity index (χ1n) is 46.5. The molecule has 0 bridgehead atoms. The summed E-state index contributed by atoms with van der Waals surface area (Å²) in [7, 11) is 11.9. The molecule has 21 heteroatoms. The molecule has 0 aliphatic carbocycles. The van der Waals surface area contributed by atoms with Gasteiger partial charge in [0.25, 0.3) is 0 Å². The molecule has 0 aromatic heterocycles. The van der Waals surface area contributed by atoms with Crippen LogP contribution in [0.5, 0.6) is 0 Å². The summed E-state index contributed by atoms with van der Waals surface area (Å²) in [4.78, 5) is 36.2. The molecule has 0 fully saturated rings. The van der Waals surface area contributed by atoms with Crippen LogP contribution in [-0.2, 0) is 102 Å². The van der Waals surface area contributed by atoms with Crippen LogP contribution in [0.2, 0.25) is 0 Å². The van der Waals surface area contributed by atoms with Gasteiger partial charge in [-0.05, 0) is 81.0 Å². The number of methoxy groups -OCH3 is 7. The minimum Gasteiger partial charge on any atom is -0.465 e. The minimum atomic E-state index is -0.376. The number of hydrogen-bond donors (Lipinski definition) is 0. The summed E-state index contributed by atoms with van der Waals surface area (Å²) in [6, 6.07) is 98.4. The van der Waals surface area contributed by atoms with Crippen molar-refractivity contribution in [2.75, 3.05) is 155 Å². The Morgan fingerprint density at radius 1 is 0.239 bits per heavy atom. The molecule has 0 N–H and O–H groups in total. The first kappa shape index (κ1) is 113. The summed E-state index contributed by atoms with van der Waals surface area (Å²) in [6.45, 7) is 27.0. The van der Waals surface area contributed by atoms with Gasteiger partial charge in [0, 0.05) is 85.3 Å². The SMILES string of the molecule is COC(C)c1ccc(COCC(C)COCC(OC)c2ccccc2)cc1.COC(COCC(C)COC(=O)C(Br)C(C)c1ccccc1)c1ccccc1.COC(COCC(C)COC(=O)C(C)c1ccccc1)c1ccccc1.COC(COCC(C)COC(=O)CC(C)c1ccccc1)c1ccccc1.COC(COCC(C)COCC(OC)c1ccccc1)c1ccccc1. The van der Waals surface area contributed by atoms with Crippen LogP contribution in [0.1, 0.15) is 190 Å². The lowest BCUT2D eigenvalue weighted by Crippen LogP contribution is -2.26. The van der Waals surface area contributed by atoms with E-state index >= 15 is 0 Å². The van der Waals surface area contributed by atoms with Gasteiger partial charge in [0.1, 0.15) is 41.5 Å². The van der Waals surface area contributed by atoms with Crippen LogP contribution in [0.15, 0.2) is 297 Å². The maximum absolute atomic E-state index is 12.3. The lowest BCUT2D eigenvalue weighted by molar-refractivity contribution is -0.147. The second-order valence-corrected chi connectivity index (χ2v) is 34.9. The molecular weight excluding hydrogens is 1760 g/mol. The molecule has 10 rings (SSSR count). The summed E-state index contributed by atoms with van der Waals surface area (Å²) in [5.41, 5.74) is 12.2. The lowest BCUT2D eigenvalue weighted by Gasteiger charge is -2.20. The van der Waals surface area contributed by atoms with Crippen molar-refractivity contribution in [1.29, 1.82) is 0 Å². The highest BCUT2D eigenvalue weighted by molar-refractivity contribution is 9.10. The smallest absolute Gasteiger partial charge is 0.320 e. The van der Waals surface area contributed by atoms with Gasteiger partial charge < -0.3 is 80.5 Å². The predicted octanol–water partition coefficient (Wildman–Crippen LogP) is 23.7. The van der Waals surface area contributed by atoms with Gasteiger partial charge in [-0.3, -0.25) is 14.4 Å². The number of benzene rings is 10. The molecule has 0 aliphatic heterocycles. The molecular formula is C113H149BrO20. The van der Waals surface area contributed by atoms with E-state index < -0.39 is 0 Å². The number of ether oxygens (including phenoxy) is 17. The third kappa shape index (κ3) is 45.5. The van der Waals surface area contributed by atoms with E-state index in [1.165, 1.54) is 11.1 Å². The predicted molar refractivity (Wildman–Crippen MR) is 534 cm³/mol. The third-order valence-corrected chi connectivity index (χ3v) is 23.4. The normalized spacial score (nSPS) is 14.7. The Bertz CT molecular complexity index is 4510. The van der Waals surface area contributed by atoms with E-state index in [4.69, 9.17) is 80.5 Å². The molecule has 728 valence electrons. The summed E-state index contributed by atoms with van der Waals surface area (Å²) in [5.74, 6) is 0.283. The maximum Gasteiger partial charge on any atom is 0.320 e. The fourth-order valence-electron chi connectivity index (χ4n) is 13.8. The van der Waals surface area contributed by atoms with Gasteiger partial charge in [0.15, 0.2) is 0 Å². The number of halogens is 1. The fraction of sp³-hybridized carbons (Fsp3) is 0.442. The van der Waals surface area contributed by atoms with E-state index in [9.17, 15) is 14.4 Å². The molecule has 0 saturated heterocycles. The standard InChI is InChI=1S/C23H29BrO4.C23H32O4.C23H30O4.C22H30O4.C22H28O4/c1-17(14-27-16-21(26-3)20-12-8-5-9-13-20)15-28-23(25)22(24)18(2)19-10-6-4-7-11-19;1-18(15-27-17-23(25-4)22-8-6-5-7-9-22)14-26-16-20-10-12-21(13-11-20)19(2)24-3;1-18(15-26-17-22(25-3)21-12-8-5-9-13-21)16-27-23(24)14-19(2)20-10-6-4-7-11-20;1-18(14-25-16-21(23-2)19-10-6-4-7-11-19)15-26-17-22(24-3)20-12-8-5-9-13-20;1-17(14-25-16-21(24-3)20-12-8-5-9-13-20)15-26-22(23)18(2)19-10-6-4-7-11-19/h4-13,17-18,21-22H,14-16H2,1-3H3;5-13,18-19,23H,14-17H2,1-4H3;4-13,18-19,22H,14-17H2,1-3H3;4-13,18,21-22H,14-17H2,1-3H3;4-13,17-18,21H,14-16H2,1-3H3. The van der Waals surface area contributed by atoms with Crippen LogP contribution in [0.25, 0.3) is 0 Å². The van der Waals surface area contributed by atoms with Crippen LogP contribution in [0.3, 0.4) is 0 Å². The zero-order chi connectivity index (χ0) is 96.7. The van der Waals surface area contributed by atoms with Crippen LogP contribution in [-0.4, -0.2) is 178 Å². The Morgan fingerprint density at radius 2 is 0.478 bits per heavy atom. The monoisotopic (exact) mass is 1900 g/mol. The first-order valence-corrected chi connectivity index (χ1v) is 47.4. The molecule has 0 amide bonds. The number of rotatable bonds is 56. The average Bonchev–Trinajstić information content (AvgIpc) is 0.861. The largest absolute Gasteiger partial charge is 0.465 e. The van der Waals surface area contributed by atoms with Crippen LogP contribution in [0, 0.1) is 29.6 Å². The van der Waals surface area contributed by atoms with E-state index in [1.54, 1.807) is 49.8 Å². The molecule has 0 heterocycles. The van der Waals surface area contributed by atoms with Crippen molar-refractivity contribution in [3.63, 3.8) is 0 Å². The van der Waals surface area contributed by atoms with E-state index in [2.05, 4.69) is 90.4 Å². The Labute approximate surface area is 808 Å². The zero-order valence-corrected chi connectivity index (χ0v) is 83.4. The number of hydrogen-bond acceptors (Lipinski definition) is 20. The number of carbonyl (C=O) groups excluding carboxylic acids is 3. The zero-order valence-electron chi connectivity index (χ0n) is 81.8. The molecule has 0 saturated carbocycles. The molecule has 10 aromatic rings. The van der Waals surface area contributed by atoms with Crippen molar-refractivity contribution < 1.29 is 94.9 Å². The van der Waals surface area contributed by atoms with Crippen molar-refractivity contribution in [3.05, 3.63) is 358 Å². The summed E-state index contributed by atoms with van der Waals surface area (Å²) in [6.07, 6.45) is 0.0975. The van der Waals surface area contributed by atoms with Crippen LogP contribution < -0.4 is 0 Å². The minimum absolute atomic E-state index is 0.0349. The van der Waals surface area contributed by atoms with Gasteiger partial charge in [0.2, 0.25) is 0 Å². The van der Waals surface area contributed by atoms with E-state index in [-0.39, 0.29) is 101 Å². The average molecular weight is 1910 g/mol. The van der Waals surface area contributed by atoms with Gasteiger partial charge in [-0.2, -0.15) is 0 Å². The Balaban J connectivity index is 0.000000258. The van der Waals surface area contributed by atoms with Crippen molar-refractivity contribution in [1.82, 2.24) is 0 Å². The fourth-order valence-corrected chi connectivity index (χ4v) is 14.2. The van der Waals surface area contributed by atoms with Gasteiger partial charge in [-0.1, -0.05) is 362 Å². The van der Waals surface area contributed by atoms with Crippen molar-refractivity contribution in [2.24, 2.45) is 29.6 Å². The van der Waals surface area contributed by atoms with Crippen molar-refractivity contribution in [3.8, 4) is 0 Å². The van der Waals surface area contributed by atoms with Crippen LogP contribution >= 0.6 is 15.9 Å². The highest BCUT2D eigenvalue weighted by Gasteiger charge is 2.27. The first-order chi connectivity index (χ1) is 65.1. The summed E-state index contributed by atoms with van der Waals surface area (Å²) >= 11 is 3.48. The Kier molecular flexibility index (Phi) is 57.9. The molecule has 0 spiro atoms. The number of esters is 3. The van der Waals surface area contributed by atoms with Gasteiger partial charge in [-0.25, -0.2) is 0 Å². The second-order valence-electron chi connectivity index (χ2n) is 33.9. The summed E-state index contributed by atoms with van der Waals surface area (Å²) < 4.78 is 95.4. The maximum atomic E-state index is 12.3. The van der Waals surface area contributed by atoms with Gasteiger partial charge in [-0.15, -0.1) is 0 Å². The Morgan fingerprint density at radius 3 is 0.754 bits per heavy atom. The highest BCUT2D eigenvalue weighted by Crippen LogP contribution is 2.29. The lowest BCUT2D eigenvalue weighted by atomic mass is 9.98. The molecule has 0 radical (unpaired) electrons. The van der Waals surface area contributed by atoms with E-state index in [1.807, 2.05) is 285 Å². The summed E-state index contributed by atoms with van der Waals surface area (Å²) in [5, 5.41) is 0. The Hall–Kier alpha value is -9.47. The van der Waals surface area contributed by atoms with Crippen molar-refractivity contribution in [2.45, 2.75) is 141 Å². The topological polar surface area (TPSA) is 208 Å². The molecule has 20 nitrogen and oxygen atoms in total. The number of alkyl halides is 1. The van der Waals surface area contributed by atoms with Gasteiger partial charge in [0.05, 0.1) is 131 Å². The molecule has 15 unspecified atom stereocenters. The van der Waals surface area contributed by atoms with Gasteiger partial charge >= 0.3 is 17.9 Å². The molecule has 10 aromatic carbocycles. The van der Waals surface area contributed by atoms with Crippen LogP contribution in [0.4, 0.5) is 0 Å². The third-order valence-electron chi connectivity index (χ3n) is 22.3. The van der Waals surface area contributed by atoms with E-state index in [0.29, 0.717) is 131 Å². The quantitative estimate of drug-likeness (QED) is 0.0197. The van der Waals surface area contributed by atoms with E-state index in [0.717, 1.165) is 50.1 Å². The highest BCUT2D eigenvalue weighted by atomic mass is 79.9. The molecule has 134 heavy (non-hydrogen) atoms. The number of carbonyl (C=O) groups is 3. The molecule has 15 atom stereocenters. The molecule has 0 aliphatic rings. The van der Waals surface area contributed by atoms with Crippen molar-refractivity contribution >= 4 is 33.8 Å².